The zero-order valence-electron chi connectivity index (χ0n) is 33.9. The zero-order chi connectivity index (χ0) is 41.6. The summed E-state index contributed by atoms with van der Waals surface area (Å²) in [6.07, 6.45) is 8.88. The Bertz CT molecular complexity index is 2110. The summed E-state index contributed by atoms with van der Waals surface area (Å²) in [5.41, 5.74) is -1.06. The number of hydrogen-bond acceptors (Lipinski definition) is 11. The van der Waals surface area contributed by atoms with Crippen molar-refractivity contribution < 1.29 is 46.5 Å². The number of nitrogens with zero attached hydrogens (tertiary/aromatic N) is 2. The van der Waals surface area contributed by atoms with Crippen LogP contribution in [0.5, 0.6) is 17.4 Å². The maximum Gasteiger partial charge on any atom is 0.408 e. The van der Waals surface area contributed by atoms with Crippen LogP contribution in [0.3, 0.4) is 0 Å². The van der Waals surface area contributed by atoms with Gasteiger partial charge in [0.2, 0.25) is 27.7 Å². The predicted octanol–water partition coefficient (Wildman–Crippen LogP) is 4.78. The van der Waals surface area contributed by atoms with Gasteiger partial charge in [-0.05, 0) is 69.3 Å². The fourth-order valence-electron chi connectivity index (χ4n) is 8.49. The first-order valence-corrected chi connectivity index (χ1v) is 21.9. The lowest BCUT2D eigenvalue weighted by Gasteiger charge is -2.36. The Hall–Kier alpha value is -4.86. The summed E-state index contributed by atoms with van der Waals surface area (Å²) in [5.74, 6) is -1.20. The minimum Gasteiger partial charge on any atom is -0.496 e. The van der Waals surface area contributed by atoms with Crippen molar-refractivity contribution in [1.29, 1.82) is 0 Å². The monoisotopic (exact) mass is 821 g/mol. The van der Waals surface area contributed by atoms with E-state index in [1.165, 1.54) is 11.0 Å². The van der Waals surface area contributed by atoms with E-state index in [0.717, 1.165) is 24.8 Å². The SMILES string of the molecule is C=C[C@H]1C[C@]1(NC(=O)[C@@H]1C[C@@H]2CN1C(=O)[C@H](C(C)(C)C)NC(=O)O[C@@H]1CCCC[C@H]1C/C=C/c1cc3c(cc(OCC)nc3cc1OC)O2)C(=O)NS(=O)(=O)C1CC1. The van der Waals surface area contributed by atoms with Crippen LogP contribution in [0, 0.1) is 17.3 Å². The maximum atomic E-state index is 14.8. The van der Waals surface area contributed by atoms with Crippen molar-refractivity contribution in [3.8, 4) is 17.4 Å². The highest BCUT2D eigenvalue weighted by molar-refractivity contribution is 7.91. The van der Waals surface area contributed by atoms with Crippen LogP contribution in [0.15, 0.2) is 36.9 Å². The first-order chi connectivity index (χ1) is 27.6. The van der Waals surface area contributed by atoms with Gasteiger partial charge in [-0.3, -0.25) is 19.1 Å². The van der Waals surface area contributed by atoms with Crippen molar-refractivity contribution >= 4 is 50.8 Å². The Kier molecular flexibility index (Phi) is 11.4. The molecule has 0 spiro atoms. The lowest BCUT2D eigenvalue weighted by molar-refractivity contribution is -0.143. The minimum atomic E-state index is -3.92. The van der Waals surface area contributed by atoms with Crippen molar-refractivity contribution in [3.63, 3.8) is 0 Å². The van der Waals surface area contributed by atoms with Crippen LogP contribution in [0.1, 0.15) is 91.0 Å². The second-order valence-corrected chi connectivity index (χ2v) is 19.2. The summed E-state index contributed by atoms with van der Waals surface area (Å²) in [7, 11) is -2.33. The van der Waals surface area contributed by atoms with Gasteiger partial charge in [-0.15, -0.1) is 6.58 Å². The Morgan fingerprint density at radius 1 is 1.12 bits per heavy atom. The van der Waals surface area contributed by atoms with Gasteiger partial charge in [-0.2, -0.15) is 0 Å². The van der Waals surface area contributed by atoms with E-state index in [1.807, 2.05) is 45.9 Å². The molecule has 1 saturated heterocycles. The third-order valence-corrected chi connectivity index (χ3v) is 13.8. The van der Waals surface area contributed by atoms with E-state index in [2.05, 4.69) is 28.0 Å². The summed E-state index contributed by atoms with van der Waals surface area (Å²) in [4.78, 5) is 62.7. The predicted molar refractivity (Wildman–Crippen MR) is 216 cm³/mol. The minimum absolute atomic E-state index is 0.0101. The van der Waals surface area contributed by atoms with E-state index in [9.17, 15) is 27.6 Å². The van der Waals surface area contributed by atoms with Crippen molar-refractivity contribution in [1.82, 2.24) is 25.2 Å². The number of fused-ring (bicyclic) bond motifs is 4. The number of aromatic nitrogens is 1. The van der Waals surface area contributed by atoms with E-state index in [1.54, 1.807) is 13.2 Å². The van der Waals surface area contributed by atoms with Crippen molar-refractivity contribution in [2.75, 3.05) is 20.3 Å². The van der Waals surface area contributed by atoms with Gasteiger partial charge in [0.25, 0.3) is 5.91 Å². The van der Waals surface area contributed by atoms with Gasteiger partial charge < -0.3 is 34.5 Å². The number of carbonyl (C=O) groups is 4. The van der Waals surface area contributed by atoms with Gasteiger partial charge in [0.1, 0.15) is 41.3 Å². The topological polar surface area (TPSA) is 192 Å². The van der Waals surface area contributed by atoms with Crippen molar-refractivity contribution in [2.24, 2.45) is 17.3 Å². The Morgan fingerprint density at radius 2 is 1.88 bits per heavy atom. The summed E-state index contributed by atoms with van der Waals surface area (Å²) < 4.78 is 52.2. The second-order valence-electron chi connectivity index (χ2n) is 17.2. The summed E-state index contributed by atoms with van der Waals surface area (Å²) >= 11 is 0. The molecule has 2 aliphatic heterocycles. The lowest BCUT2D eigenvalue weighted by Crippen LogP contribution is -2.60. The molecular weight excluding hydrogens is 767 g/mol. The number of pyridine rings is 1. The van der Waals surface area contributed by atoms with Gasteiger partial charge in [-0.25, -0.2) is 18.2 Å². The van der Waals surface area contributed by atoms with Crippen LogP contribution in [0.4, 0.5) is 4.79 Å². The average Bonchev–Trinajstić information content (AvgIpc) is 4.10. The van der Waals surface area contributed by atoms with Crippen LogP contribution >= 0.6 is 0 Å². The van der Waals surface area contributed by atoms with E-state index in [4.69, 9.17) is 23.9 Å². The number of allylic oxidation sites excluding steroid dienone is 1. The fourth-order valence-corrected chi connectivity index (χ4v) is 9.85. The Balaban J connectivity index is 1.28. The number of amides is 4. The molecule has 7 atom stereocenters. The Morgan fingerprint density at radius 3 is 2.55 bits per heavy atom. The van der Waals surface area contributed by atoms with Gasteiger partial charge in [0.05, 0.1) is 31.0 Å². The molecule has 2 aromatic rings. The second kappa shape index (κ2) is 16.1. The molecule has 3 heterocycles. The average molecular weight is 822 g/mol. The van der Waals surface area contributed by atoms with Gasteiger partial charge in [0.15, 0.2) is 0 Å². The number of alkyl carbamates (subject to hydrolysis) is 1. The largest absolute Gasteiger partial charge is 0.496 e. The van der Waals surface area contributed by atoms with E-state index >= 15 is 0 Å². The number of sulfonamides is 1. The fraction of sp³-hybridized carbons (Fsp3) is 0.595. The van der Waals surface area contributed by atoms with E-state index in [0.29, 0.717) is 60.6 Å². The molecule has 3 saturated carbocycles. The Labute approximate surface area is 339 Å². The van der Waals surface area contributed by atoms with Gasteiger partial charge >= 0.3 is 6.09 Å². The van der Waals surface area contributed by atoms with E-state index < -0.39 is 74.1 Å². The highest BCUT2D eigenvalue weighted by atomic mass is 32.2. The van der Waals surface area contributed by atoms with E-state index in [-0.39, 0.29) is 31.4 Å². The summed E-state index contributed by atoms with van der Waals surface area (Å²) in [6, 6.07) is 3.14. The molecule has 4 amide bonds. The number of carbonyl (C=O) groups excluding carboxylic acids is 4. The highest BCUT2D eigenvalue weighted by Crippen LogP contribution is 2.46. The van der Waals surface area contributed by atoms with Gasteiger partial charge in [-0.1, -0.05) is 45.4 Å². The van der Waals surface area contributed by atoms with Crippen LogP contribution in [-0.2, 0) is 29.1 Å². The number of rotatable bonds is 9. The third kappa shape index (κ3) is 8.48. The third-order valence-electron chi connectivity index (χ3n) is 12.0. The van der Waals surface area contributed by atoms with Crippen LogP contribution in [0.25, 0.3) is 17.0 Å². The lowest BCUT2D eigenvalue weighted by atomic mass is 9.84. The summed E-state index contributed by atoms with van der Waals surface area (Å²) in [5, 5.41) is 5.69. The van der Waals surface area contributed by atoms with Gasteiger partial charge in [0, 0.05) is 35.4 Å². The standard InChI is InChI=1S/C42H55N5O10S/c1-7-26-22-42(26,39(50)46-58(52,53)28-16-17-28)45-37(48)31-19-27-23-47(31)38(49)36(41(3,4)5)44-40(51)57-32-15-10-9-12-24(32)13-11-14-25-18-29-30(20-33(25)54-6)43-35(55-8-2)21-34(29)56-27/h7,11,14,18,20-21,24,26-28,31-32,36H,1,8-10,12-13,15-17,19,22-23H2,2-6H3,(H,44,51)(H,45,48)(H,46,50)/b14-11+/t24-,26-,27+,31-,32+,36+,42+/m0/s1. The van der Waals surface area contributed by atoms with Crippen molar-refractivity contribution in [2.45, 2.75) is 121 Å². The quantitative estimate of drug-likeness (QED) is 0.295. The smallest absolute Gasteiger partial charge is 0.408 e. The van der Waals surface area contributed by atoms with Crippen LogP contribution < -0.4 is 29.6 Å². The molecule has 3 aliphatic carbocycles. The zero-order valence-corrected chi connectivity index (χ0v) is 34.7. The molecule has 15 nitrogen and oxygen atoms in total. The first kappa shape index (κ1) is 41.3. The number of ether oxygens (including phenoxy) is 4. The molecule has 4 bridgehead atoms. The molecule has 16 heteroatoms. The number of methoxy groups -OCH3 is 1. The van der Waals surface area contributed by atoms with Crippen molar-refractivity contribution in [3.05, 3.63) is 42.5 Å². The normalized spacial score (nSPS) is 29.4. The molecule has 314 valence electrons. The molecule has 58 heavy (non-hydrogen) atoms. The number of hydrogen-bond donors (Lipinski definition) is 3. The summed E-state index contributed by atoms with van der Waals surface area (Å²) in [6.45, 7) is 11.4. The molecule has 0 unspecified atom stereocenters. The van der Waals surface area contributed by atoms with Crippen LogP contribution in [0.2, 0.25) is 0 Å². The molecule has 0 radical (unpaired) electrons. The molecule has 5 aliphatic rings. The molecule has 7 rings (SSSR count). The maximum absolute atomic E-state index is 14.8. The molecule has 4 fully saturated rings. The number of nitrogens with one attached hydrogen (secondary N) is 3. The first-order valence-electron chi connectivity index (χ1n) is 20.3. The number of benzene rings is 1. The molecule has 1 aromatic heterocycles. The molecule has 3 N–H and O–H groups in total. The highest BCUT2D eigenvalue weighted by Gasteiger charge is 2.62. The van der Waals surface area contributed by atoms with Crippen LogP contribution in [-0.4, -0.2) is 97.5 Å². The molecular formula is C42H55N5O10S. The molecule has 1 aromatic carbocycles.